The molecule has 5 rings (SSSR count). The molecule has 2 aromatic carbocycles. The van der Waals surface area contributed by atoms with E-state index >= 15 is 0 Å². The zero-order valence-corrected chi connectivity index (χ0v) is 18.5. The highest BCUT2D eigenvalue weighted by Crippen LogP contribution is 2.30. The minimum Gasteiger partial charge on any atom is -0.321 e. The molecule has 0 unspecified atom stereocenters. The molecule has 3 aromatic rings. The van der Waals surface area contributed by atoms with Gasteiger partial charge in [0.1, 0.15) is 10.5 Å². The number of thiazole rings is 1. The van der Waals surface area contributed by atoms with E-state index in [9.17, 15) is 14.0 Å². The largest absolute Gasteiger partial charge is 0.321 e. The number of halogens is 1. The second-order valence-electron chi connectivity index (χ2n) is 8.20. The number of nitrogens with one attached hydrogen (secondary N) is 1. The van der Waals surface area contributed by atoms with Crippen molar-refractivity contribution in [1.29, 1.82) is 0 Å². The van der Waals surface area contributed by atoms with Crippen LogP contribution in [0.15, 0.2) is 53.3 Å². The van der Waals surface area contributed by atoms with Gasteiger partial charge in [0, 0.05) is 17.8 Å². The Hall–Kier alpha value is -3.03. The Morgan fingerprint density at radius 3 is 2.59 bits per heavy atom. The maximum atomic E-state index is 14.0. The number of carbonyl (C=O) groups is 1. The lowest BCUT2D eigenvalue weighted by atomic mass is 10.1. The molecule has 32 heavy (non-hydrogen) atoms. The molecule has 0 atom stereocenters. The third kappa shape index (κ3) is 4.06. The molecule has 0 aliphatic carbocycles. The van der Waals surface area contributed by atoms with Crippen LogP contribution in [0.5, 0.6) is 0 Å². The van der Waals surface area contributed by atoms with Gasteiger partial charge in [-0.2, -0.15) is 0 Å². The highest BCUT2D eigenvalue weighted by molar-refractivity contribution is 7.07. The standard InChI is InChI=1S/C25H24FN3O2S/c26-18-9-10-20-19(16-18)22(23(30)27-20)25-29(14-6-13-28-11-4-5-12-28)24(31)21(32-25)15-17-7-2-1-3-8-17/h1-3,7-10,15-16H,4-6,11-14H2,(H,27,30)/b21-15+,25-22+. The second-order valence-corrected chi connectivity index (χ2v) is 9.24. The summed E-state index contributed by atoms with van der Waals surface area (Å²) in [5, 5.41) is 2.81. The predicted octanol–water partition coefficient (Wildman–Crippen LogP) is 2.51. The van der Waals surface area contributed by atoms with Crippen molar-refractivity contribution in [2.45, 2.75) is 25.8 Å². The molecule has 1 saturated heterocycles. The second kappa shape index (κ2) is 8.84. The van der Waals surface area contributed by atoms with E-state index in [1.807, 2.05) is 36.4 Å². The van der Waals surface area contributed by atoms with Gasteiger partial charge in [-0.25, -0.2) is 4.39 Å². The predicted molar refractivity (Wildman–Crippen MR) is 126 cm³/mol. The van der Waals surface area contributed by atoms with E-state index in [0.717, 1.165) is 31.6 Å². The number of hydrogen-bond donors (Lipinski definition) is 1. The Labute approximate surface area is 189 Å². The summed E-state index contributed by atoms with van der Waals surface area (Å²) in [6.45, 7) is 3.65. The van der Waals surface area contributed by atoms with Crippen LogP contribution in [0.25, 0.3) is 11.6 Å². The molecule has 0 spiro atoms. The average molecular weight is 450 g/mol. The van der Waals surface area contributed by atoms with Gasteiger partial charge in [0.25, 0.3) is 11.5 Å². The zero-order chi connectivity index (χ0) is 22.1. The van der Waals surface area contributed by atoms with Crippen LogP contribution < -0.4 is 20.1 Å². The van der Waals surface area contributed by atoms with Crippen molar-refractivity contribution in [3.8, 4) is 0 Å². The van der Waals surface area contributed by atoms with Gasteiger partial charge in [-0.05, 0) is 68.7 Å². The fourth-order valence-electron chi connectivity index (χ4n) is 4.42. The minimum absolute atomic E-state index is 0.111. The lowest BCUT2D eigenvalue weighted by molar-refractivity contribution is -0.110. The highest BCUT2D eigenvalue weighted by atomic mass is 32.1. The molecule has 3 heterocycles. The van der Waals surface area contributed by atoms with Gasteiger partial charge in [0.05, 0.1) is 10.1 Å². The van der Waals surface area contributed by atoms with Crippen molar-refractivity contribution >= 4 is 34.6 Å². The first-order chi connectivity index (χ1) is 15.6. The summed E-state index contributed by atoms with van der Waals surface area (Å²) in [6.07, 6.45) is 5.12. The van der Waals surface area contributed by atoms with E-state index in [2.05, 4.69) is 10.2 Å². The summed E-state index contributed by atoms with van der Waals surface area (Å²) in [6, 6.07) is 13.9. The van der Waals surface area contributed by atoms with Crippen molar-refractivity contribution < 1.29 is 9.18 Å². The van der Waals surface area contributed by atoms with Crippen LogP contribution in [0, 0.1) is 5.82 Å². The summed E-state index contributed by atoms with van der Waals surface area (Å²) in [4.78, 5) is 28.6. The number of hydrogen-bond acceptors (Lipinski definition) is 4. The van der Waals surface area contributed by atoms with E-state index < -0.39 is 5.82 Å². The SMILES string of the molecule is O=C1Nc2ccc(F)cc2/C1=c1\s/c(=C/c2ccccc2)c(=O)n1CCCN1CCCC1. The quantitative estimate of drug-likeness (QED) is 0.651. The molecule has 5 nitrogen and oxygen atoms in total. The smallest absolute Gasteiger partial charge is 0.269 e. The number of benzene rings is 2. The van der Waals surface area contributed by atoms with Crippen molar-refractivity contribution in [2.75, 3.05) is 25.0 Å². The molecule has 0 radical (unpaired) electrons. The number of carbonyl (C=O) groups excluding carboxylic acids is 1. The fourth-order valence-corrected chi connectivity index (χ4v) is 5.61. The van der Waals surface area contributed by atoms with E-state index in [-0.39, 0.29) is 11.5 Å². The van der Waals surface area contributed by atoms with Gasteiger partial charge in [0.15, 0.2) is 0 Å². The van der Waals surface area contributed by atoms with Gasteiger partial charge in [-0.3, -0.25) is 14.2 Å². The van der Waals surface area contributed by atoms with Crippen LogP contribution in [0.4, 0.5) is 10.1 Å². The number of anilines is 1. The molecule has 0 bridgehead atoms. The van der Waals surface area contributed by atoms with E-state index in [1.165, 1.54) is 36.3 Å². The van der Waals surface area contributed by atoms with Crippen LogP contribution in [-0.2, 0) is 11.3 Å². The molecule has 2 aliphatic heterocycles. The topological polar surface area (TPSA) is 54.3 Å². The van der Waals surface area contributed by atoms with Crippen LogP contribution in [0.2, 0.25) is 0 Å². The Bertz CT molecular complexity index is 1340. The van der Waals surface area contributed by atoms with Crippen molar-refractivity contribution in [2.24, 2.45) is 0 Å². The molecule has 2 aliphatic rings. The molecular weight excluding hydrogens is 425 g/mol. The third-order valence-electron chi connectivity index (χ3n) is 6.00. The van der Waals surface area contributed by atoms with Crippen molar-refractivity contribution in [3.63, 3.8) is 0 Å². The highest BCUT2D eigenvalue weighted by Gasteiger charge is 2.27. The summed E-state index contributed by atoms with van der Waals surface area (Å²) in [7, 11) is 0. The molecule has 164 valence electrons. The fraction of sp³-hybridized carbons (Fsp3) is 0.280. The summed E-state index contributed by atoms with van der Waals surface area (Å²) in [5.74, 6) is -0.709. The van der Waals surface area contributed by atoms with Crippen molar-refractivity contribution in [3.05, 3.63) is 85.0 Å². The summed E-state index contributed by atoms with van der Waals surface area (Å²) >= 11 is 1.30. The Kier molecular flexibility index (Phi) is 5.76. The zero-order valence-electron chi connectivity index (χ0n) is 17.6. The molecule has 1 N–H and O–H groups in total. The van der Waals surface area contributed by atoms with E-state index in [0.29, 0.717) is 32.6 Å². The summed E-state index contributed by atoms with van der Waals surface area (Å²) < 4.78 is 16.8. The van der Waals surface area contributed by atoms with Gasteiger partial charge < -0.3 is 10.2 Å². The molecule has 0 saturated carbocycles. The average Bonchev–Trinajstić information content (AvgIpc) is 3.48. The first-order valence-electron chi connectivity index (χ1n) is 10.9. The maximum Gasteiger partial charge on any atom is 0.269 e. The normalized spacial score (nSPS) is 18.3. The number of amides is 1. The van der Waals surface area contributed by atoms with E-state index in [1.54, 1.807) is 10.6 Å². The Morgan fingerprint density at radius 1 is 1.03 bits per heavy atom. The van der Waals surface area contributed by atoms with Crippen LogP contribution in [-0.4, -0.2) is 35.0 Å². The molecule has 7 heteroatoms. The van der Waals surface area contributed by atoms with Gasteiger partial charge in [-0.1, -0.05) is 30.3 Å². The Morgan fingerprint density at radius 2 is 1.81 bits per heavy atom. The first kappa shape index (κ1) is 20.8. The van der Waals surface area contributed by atoms with Gasteiger partial charge >= 0.3 is 0 Å². The minimum atomic E-state index is -0.409. The number of fused-ring (bicyclic) bond motifs is 1. The van der Waals surface area contributed by atoms with Crippen LogP contribution in [0.3, 0.4) is 0 Å². The number of nitrogens with zero attached hydrogens (tertiary/aromatic N) is 2. The van der Waals surface area contributed by atoms with Gasteiger partial charge in [-0.15, -0.1) is 11.3 Å². The summed E-state index contributed by atoms with van der Waals surface area (Å²) in [5.41, 5.74) is 2.27. The monoisotopic (exact) mass is 449 g/mol. The molecule has 1 aromatic heterocycles. The lowest BCUT2D eigenvalue weighted by Gasteiger charge is -2.14. The van der Waals surface area contributed by atoms with E-state index in [4.69, 9.17) is 0 Å². The number of rotatable bonds is 5. The molecule has 1 amide bonds. The molecular formula is C25H24FN3O2S. The lowest BCUT2D eigenvalue weighted by Crippen LogP contribution is -2.34. The maximum absolute atomic E-state index is 14.0. The van der Waals surface area contributed by atoms with Crippen LogP contribution in [0.1, 0.15) is 30.4 Å². The van der Waals surface area contributed by atoms with Gasteiger partial charge in [0.2, 0.25) is 0 Å². The Balaban J connectivity index is 1.64. The first-order valence-corrected chi connectivity index (χ1v) is 11.8. The number of aromatic nitrogens is 1. The van der Waals surface area contributed by atoms with Crippen LogP contribution >= 0.6 is 11.3 Å². The van der Waals surface area contributed by atoms with Crippen molar-refractivity contribution in [1.82, 2.24) is 9.47 Å². The molecule has 1 fully saturated rings. The number of likely N-dealkylation sites (tertiary alicyclic amines) is 1. The third-order valence-corrected chi connectivity index (χ3v) is 7.13.